The van der Waals surface area contributed by atoms with Crippen LogP contribution in [-0.2, 0) is 16.4 Å². The van der Waals surface area contributed by atoms with E-state index in [4.69, 9.17) is 9.26 Å². The van der Waals surface area contributed by atoms with E-state index in [1.165, 1.54) is 12.1 Å². The van der Waals surface area contributed by atoms with Gasteiger partial charge in [-0.1, -0.05) is 5.16 Å². The number of rotatable bonds is 3. The Bertz CT molecular complexity index is 751. The molecule has 2 aromatic rings. The van der Waals surface area contributed by atoms with Gasteiger partial charge in [0.15, 0.2) is 5.82 Å². The summed E-state index contributed by atoms with van der Waals surface area (Å²) in [6.07, 6.45) is 0.788. The molecular formula is C13H14N2O4S. The second-order valence-electron chi connectivity index (χ2n) is 4.83. The van der Waals surface area contributed by atoms with Gasteiger partial charge in [-0.15, -0.1) is 0 Å². The Hall–Kier alpha value is -2.02. The molecule has 1 atom stereocenters. The molecule has 106 valence electrons. The number of fused-ring (bicyclic) bond motifs is 1. The van der Waals surface area contributed by atoms with Gasteiger partial charge >= 0.3 is 0 Å². The van der Waals surface area contributed by atoms with E-state index in [1.54, 1.807) is 19.1 Å². The van der Waals surface area contributed by atoms with E-state index in [1.807, 2.05) is 6.92 Å². The lowest BCUT2D eigenvalue weighted by molar-refractivity contribution is 0.254. The highest BCUT2D eigenvalue weighted by atomic mass is 32.2. The third-order valence-corrected chi connectivity index (χ3v) is 4.40. The average Bonchev–Trinajstić information content (AvgIpc) is 2.92. The standard InChI is InChI=1S/C13H14N2O4S/c1-8-5-10-7-11(3-4-12(10)18-8)20(16,17)15-13-6-9(2)19-14-13/h3-4,6-8H,5H2,1-2H3,(H,14,15)/t8-/m0/s1. The third kappa shape index (κ3) is 2.36. The fourth-order valence-corrected chi connectivity index (χ4v) is 3.21. The smallest absolute Gasteiger partial charge is 0.263 e. The Balaban J connectivity index is 1.90. The van der Waals surface area contributed by atoms with Crippen molar-refractivity contribution in [2.75, 3.05) is 4.72 Å². The van der Waals surface area contributed by atoms with Crippen LogP contribution in [0.1, 0.15) is 18.2 Å². The number of nitrogens with one attached hydrogen (secondary N) is 1. The van der Waals surface area contributed by atoms with Gasteiger partial charge in [0, 0.05) is 12.5 Å². The average molecular weight is 294 g/mol. The first kappa shape index (κ1) is 13.0. The zero-order chi connectivity index (χ0) is 14.3. The van der Waals surface area contributed by atoms with E-state index < -0.39 is 10.0 Å². The molecule has 0 bridgehead atoms. The number of nitrogens with zero attached hydrogens (tertiary/aromatic N) is 1. The number of sulfonamides is 1. The molecule has 1 aliphatic rings. The van der Waals surface area contributed by atoms with Gasteiger partial charge in [-0.2, -0.15) is 0 Å². The molecule has 3 rings (SSSR count). The minimum absolute atomic E-state index is 0.0779. The van der Waals surface area contributed by atoms with Crippen LogP contribution in [0.25, 0.3) is 0 Å². The van der Waals surface area contributed by atoms with Crippen molar-refractivity contribution in [3.8, 4) is 5.75 Å². The second-order valence-corrected chi connectivity index (χ2v) is 6.51. The molecule has 0 fully saturated rings. The van der Waals surface area contributed by atoms with Crippen molar-refractivity contribution >= 4 is 15.8 Å². The molecule has 7 heteroatoms. The predicted octanol–water partition coefficient (Wildman–Crippen LogP) is 2.11. The fraction of sp³-hybridized carbons (Fsp3) is 0.308. The lowest BCUT2D eigenvalue weighted by Crippen LogP contribution is -2.13. The summed E-state index contributed by atoms with van der Waals surface area (Å²) in [5.74, 6) is 1.46. The van der Waals surface area contributed by atoms with E-state index in [9.17, 15) is 8.42 Å². The Kier molecular flexibility index (Phi) is 2.93. The summed E-state index contributed by atoms with van der Waals surface area (Å²) in [5, 5.41) is 3.62. The molecular weight excluding hydrogens is 280 g/mol. The normalized spacial score (nSPS) is 17.6. The maximum absolute atomic E-state index is 12.3. The van der Waals surface area contributed by atoms with Crippen molar-refractivity contribution in [1.29, 1.82) is 0 Å². The van der Waals surface area contributed by atoms with Crippen molar-refractivity contribution < 1.29 is 17.7 Å². The van der Waals surface area contributed by atoms with Crippen LogP contribution in [0.3, 0.4) is 0 Å². The zero-order valence-corrected chi connectivity index (χ0v) is 11.9. The van der Waals surface area contributed by atoms with Crippen molar-refractivity contribution in [2.45, 2.75) is 31.3 Å². The summed E-state index contributed by atoms with van der Waals surface area (Å²) >= 11 is 0. The van der Waals surface area contributed by atoms with Gasteiger partial charge in [-0.3, -0.25) is 4.72 Å². The van der Waals surface area contributed by atoms with Gasteiger partial charge < -0.3 is 9.26 Å². The molecule has 1 aromatic carbocycles. The van der Waals surface area contributed by atoms with Gasteiger partial charge in [0.05, 0.1) is 4.90 Å². The van der Waals surface area contributed by atoms with E-state index in [0.717, 1.165) is 11.3 Å². The number of aryl methyl sites for hydroxylation is 1. The number of hydrogen-bond acceptors (Lipinski definition) is 5. The summed E-state index contributed by atoms with van der Waals surface area (Å²) < 4.78 is 37.3. The van der Waals surface area contributed by atoms with Crippen LogP contribution in [-0.4, -0.2) is 19.7 Å². The van der Waals surface area contributed by atoms with E-state index in [0.29, 0.717) is 12.2 Å². The van der Waals surface area contributed by atoms with Gasteiger partial charge in [0.25, 0.3) is 10.0 Å². The number of anilines is 1. The SMILES string of the molecule is Cc1cc(NS(=O)(=O)c2ccc3c(c2)C[C@H](C)O3)no1. The third-order valence-electron chi connectivity index (χ3n) is 3.04. The summed E-state index contributed by atoms with van der Waals surface area (Å²) in [5.41, 5.74) is 0.900. The molecule has 0 unspecified atom stereocenters. The fourth-order valence-electron chi connectivity index (χ4n) is 2.18. The van der Waals surface area contributed by atoms with E-state index >= 15 is 0 Å². The lowest BCUT2D eigenvalue weighted by atomic mass is 10.1. The molecule has 1 aliphatic heterocycles. The first-order chi connectivity index (χ1) is 9.44. The van der Waals surface area contributed by atoms with Crippen LogP contribution in [0.4, 0.5) is 5.82 Å². The van der Waals surface area contributed by atoms with Crippen LogP contribution in [0.15, 0.2) is 33.7 Å². The van der Waals surface area contributed by atoms with E-state index in [-0.39, 0.29) is 16.8 Å². The Morgan fingerprint density at radius 3 is 2.85 bits per heavy atom. The van der Waals surface area contributed by atoms with Crippen molar-refractivity contribution in [3.63, 3.8) is 0 Å². The van der Waals surface area contributed by atoms with Crippen LogP contribution >= 0.6 is 0 Å². The summed E-state index contributed by atoms with van der Waals surface area (Å²) in [6.45, 7) is 3.64. The van der Waals surface area contributed by atoms with Crippen LogP contribution in [0.2, 0.25) is 0 Å². The summed E-state index contributed by atoms with van der Waals surface area (Å²) in [6, 6.07) is 6.36. The molecule has 0 saturated carbocycles. The zero-order valence-electron chi connectivity index (χ0n) is 11.1. The molecule has 2 heterocycles. The number of hydrogen-bond donors (Lipinski definition) is 1. The first-order valence-electron chi connectivity index (χ1n) is 6.20. The molecule has 0 radical (unpaired) electrons. The largest absolute Gasteiger partial charge is 0.490 e. The molecule has 0 aliphatic carbocycles. The van der Waals surface area contributed by atoms with Crippen LogP contribution in [0.5, 0.6) is 5.75 Å². The highest BCUT2D eigenvalue weighted by Gasteiger charge is 2.23. The van der Waals surface area contributed by atoms with E-state index in [2.05, 4.69) is 9.88 Å². The summed E-state index contributed by atoms with van der Waals surface area (Å²) in [4.78, 5) is 0.189. The number of ether oxygens (including phenoxy) is 1. The lowest BCUT2D eigenvalue weighted by Gasteiger charge is -2.06. The Morgan fingerprint density at radius 2 is 2.15 bits per heavy atom. The highest BCUT2D eigenvalue weighted by molar-refractivity contribution is 7.92. The minimum Gasteiger partial charge on any atom is -0.490 e. The molecule has 6 nitrogen and oxygen atoms in total. The maximum Gasteiger partial charge on any atom is 0.263 e. The molecule has 0 saturated heterocycles. The minimum atomic E-state index is -3.67. The van der Waals surface area contributed by atoms with Crippen LogP contribution < -0.4 is 9.46 Å². The monoisotopic (exact) mass is 294 g/mol. The predicted molar refractivity (Wildman–Crippen MR) is 72.3 cm³/mol. The molecule has 20 heavy (non-hydrogen) atoms. The number of benzene rings is 1. The van der Waals surface area contributed by atoms with Gasteiger partial charge in [0.2, 0.25) is 0 Å². The van der Waals surface area contributed by atoms with Crippen molar-refractivity contribution in [3.05, 3.63) is 35.6 Å². The summed E-state index contributed by atoms with van der Waals surface area (Å²) in [7, 11) is -3.67. The van der Waals surface area contributed by atoms with Crippen molar-refractivity contribution in [2.24, 2.45) is 0 Å². The second kappa shape index (κ2) is 4.52. The quantitative estimate of drug-likeness (QED) is 0.937. The number of aromatic nitrogens is 1. The van der Waals surface area contributed by atoms with Gasteiger partial charge in [0.1, 0.15) is 17.6 Å². The van der Waals surface area contributed by atoms with Crippen LogP contribution in [0, 0.1) is 6.92 Å². The molecule has 1 aromatic heterocycles. The van der Waals surface area contributed by atoms with Crippen molar-refractivity contribution in [1.82, 2.24) is 5.16 Å². The maximum atomic E-state index is 12.3. The first-order valence-corrected chi connectivity index (χ1v) is 7.68. The molecule has 1 N–H and O–H groups in total. The van der Waals surface area contributed by atoms with Gasteiger partial charge in [-0.25, -0.2) is 8.42 Å². The molecule has 0 spiro atoms. The molecule has 0 amide bonds. The Morgan fingerprint density at radius 1 is 1.35 bits per heavy atom. The Labute approximate surface area is 116 Å². The highest BCUT2D eigenvalue weighted by Crippen LogP contribution is 2.31. The topological polar surface area (TPSA) is 81.4 Å². The van der Waals surface area contributed by atoms with Gasteiger partial charge in [-0.05, 0) is 37.6 Å².